The van der Waals surface area contributed by atoms with E-state index in [9.17, 15) is 18.0 Å². The average molecular weight is 414 g/mol. The number of ether oxygens (including phenoxy) is 2. The van der Waals surface area contributed by atoms with Crippen LogP contribution < -0.4 is 9.47 Å². The molecule has 8 heteroatoms. The molecule has 2 rings (SSSR count). The molecule has 0 saturated carbocycles. The number of thioether (sulfide) groups is 1. The second-order valence-electron chi connectivity index (χ2n) is 6.07. The molecule has 1 unspecified atom stereocenters. The molecule has 0 amide bonds. The number of hydrogen-bond donors (Lipinski definition) is 1. The summed E-state index contributed by atoms with van der Waals surface area (Å²) in [6.07, 6.45) is -3.48. The lowest BCUT2D eigenvalue weighted by atomic mass is 10.1. The van der Waals surface area contributed by atoms with Crippen LogP contribution in [0.2, 0.25) is 0 Å². The van der Waals surface area contributed by atoms with Crippen molar-refractivity contribution in [2.24, 2.45) is 5.92 Å². The molecule has 152 valence electrons. The predicted octanol–water partition coefficient (Wildman–Crippen LogP) is 5.37. The molecule has 1 atom stereocenters. The highest BCUT2D eigenvalue weighted by Gasteiger charge is 2.30. The number of carboxylic acid groups (broad SMARTS) is 1. The minimum atomic E-state index is -4.35. The summed E-state index contributed by atoms with van der Waals surface area (Å²) in [5.74, 6) is 0.889. The van der Waals surface area contributed by atoms with Gasteiger partial charge < -0.3 is 14.6 Å². The van der Waals surface area contributed by atoms with Gasteiger partial charge in [-0.3, -0.25) is 0 Å². The highest BCUT2D eigenvalue weighted by molar-refractivity contribution is 7.99. The summed E-state index contributed by atoms with van der Waals surface area (Å²) in [5.41, 5.74) is -0.696. The van der Waals surface area contributed by atoms with Gasteiger partial charge in [0.25, 0.3) is 0 Å². The minimum Gasteiger partial charge on any atom is -0.493 e. The third-order valence-electron chi connectivity index (χ3n) is 3.92. The van der Waals surface area contributed by atoms with Crippen LogP contribution >= 0.6 is 11.8 Å². The zero-order valence-corrected chi connectivity index (χ0v) is 16.1. The van der Waals surface area contributed by atoms with Crippen molar-refractivity contribution in [3.05, 3.63) is 54.1 Å². The molecular formula is C20H21F3O4S. The fourth-order valence-electron chi connectivity index (χ4n) is 2.23. The van der Waals surface area contributed by atoms with E-state index in [4.69, 9.17) is 14.6 Å². The van der Waals surface area contributed by atoms with E-state index >= 15 is 0 Å². The number of benzene rings is 2. The summed E-state index contributed by atoms with van der Waals surface area (Å²) < 4.78 is 48.4. The van der Waals surface area contributed by atoms with Crippen molar-refractivity contribution >= 4 is 17.7 Å². The van der Waals surface area contributed by atoms with Crippen LogP contribution in [-0.2, 0) is 11.0 Å². The molecule has 2 aromatic rings. The molecule has 0 aliphatic rings. The maximum atomic E-state index is 12.6. The van der Waals surface area contributed by atoms with Crippen molar-refractivity contribution in [2.75, 3.05) is 19.0 Å². The molecule has 0 fully saturated rings. The SMILES string of the molecule is CCC(COc1ccc(C(F)(F)F)cc1)CSc1ccc(OCC(=O)O)cc1. The molecule has 0 aromatic heterocycles. The van der Waals surface area contributed by atoms with Crippen LogP contribution in [0.15, 0.2) is 53.4 Å². The van der Waals surface area contributed by atoms with Crippen LogP contribution in [0.1, 0.15) is 18.9 Å². The third-order valence-corrected chi connectivity index (χ3v) is 5.16. The topological polar surface area (TPSA) is 55.8 Å². The fourth-order valence-corrected chi connectivity index (χ4v) is 3.32. The van der Waals surface area contributed by atoms with Crippen molar-refractivity contribution in [3.63, 3.8) is 0 Å². The van der Waals surface area contributed by atoms with Crippen molar-refractivity contribution in [1.82, 2.24) is 0 Å². The van der Waals surface area contributed by atoms with Crippen LogP contribution in [0.3, 0.4) is 0 Å². The Balaban J connectivity index is 1.80. The van der Waals surface area contributed by atoms with Crippen LogP contribution in [-0.4, -0.2) is 30.0 Å². The molecule has 0 heterocycles. The first-order valence-electron chi connectivity index (χ1n) is 8.65. The summed E-state index contributed by atoms with van der Waals surface area (Å²) in [4.78, 5) is 11.5. The van der Waals surface area contributed by atoms with E-state index in [0.717, 1.165) is 29.2 Å². The van der Waals surface area contributed by atoms with Crippen LogP contribution in [0.5, 0.6) is 11.5 Å². The molecule has 0 saturated heterocycles. The van der Waals surface area contributed by atoms with Crippen LogP contribution in [0.4, 0.5) is 13.2 Å². The second-order valence-corrected chi connectivity index (χ2v) is 7.17. The molecule has 2 aromatic carbocycles. The Morgan fingerprint density at radius 2 is 1.61 bits per heavy atom. The van der Waals surface area contributed by atoms with Gasteiger partial charge in [0.15, 0.2) is 6.61 Å². The highest BCUT2D eigenvalue weighted by atomic mass is 32.2. The van der Waals surface area contributed by atoms with Gasteiger partial charge in [-0.15, -0.1) is 11.8 Å². The lowest BCUT2D eigenvalue weighted by Gasteiger charge is -2.16. The molecular weight excluding hydrogens is 393 g/mol. The fraction of sp³-hybridized carbons (Fsp3) is 0.350. The first kappa shape index (κ1) is 21.9. The van der Waals surface area contributed by atoms with E-state index in [0.29, 0.717) is 18.1 Å². The second kappa shape index (κ2) is 10.3. The summed E-state index contributed by atoms with van der Waals surface area (Å²) >= 11 is 1.63. The maximum Gasteiger partial charge on any atom is 0.416 e. The largest absolute Gasteiger partial charge is 0.493 e. The molecule has 0 bridgehead atoms. The van der Waals surface area contributed by atoms with E-state index < -0.39 is 17.7 Å². The third kappa shape index (κ3) is 7.34. The summed E-state index contributed by atoms with van der Waals surface area (Å²) in [6, 6.07) is 11.8. The van der Waals surface area contributed by atoms with Crippen molar-refractivity contribution in [3.8, 4) is 11.5 Å². The Hall–Kier alpha value is -2.35. The molecule has 0 radical (unpaired) electrons. The van der Waals surface area contributed by atoms with Gasteiger partial charge in [0.05, 0.1) is 12.2 Å². The van der Waals surface area contributed by atoms with Gasteiger partial charge in [-0.05, 0) is 55.0 Å². The van der Waals surface area contributed by atoms with Crippen molar-refractivity contribution in [1.29, 1.82) is 0 Å². The van der Waals surface area contributed by atoms with E-state index in [1.165, 1.54) is 12.1 Å². The Kier molecular flexibility index (Phi) is 8.04. The number of hydrogen-bond acceptors (Lipinski definition) is 4. The van der Waals surface area contributed by atoms with Crippen LogP contribution in [0, 0.1) is 5.92 Å². The molecule has 0 spiro atoms. The zero-order valence-electron chi connectivity index (χ0n) is 15.2. The number of rotatable bonds is 10. The molecule has 4 nitrogen and oxygen atoms in total. The van der Waals surface area contributed by atoms with Gasteiger partial charge in [-0.1, -0.05) is 6.92 Å². The summed E-state index contributed by atoms with van der Waals surface area (Å²) in [6.45, 7) is 2.06. The monoisotopic (exact) mass is 414 g/mol. The smallest absolute Gasteiger partial charge is 0.416 e. The first-order chi connectivity index (χ1) is 13.3. The molecule has 0 aliphatic heterocycles. The standard InChI is InChI=1S/C20H21F3O4S/c1-2-14(11-26-16-5-3-15(4-6-16)20(21,22)23)13-28-18-9-7-17(8-10-18)27-12-19(24)25/h3-10,14H,2,11-13H2,1H3,(H,24,25). The Bertz CT molecular complexity index is 746. The van der Waals surface area contributed by atoms with Gasteiger partial charge in [0.2, 0.25) is 0 Å². The lowest BCUT2D eigenvalue weighted by molar-refractivity contribution is -0.139. The molecule has 1 N–H and O–H groups in total. The average Bonchev–Trinajstić information content (AvgIpc) is 2.67. The molecule has 28 heavy (non-hydrogen) atoms. The maximum absolute atomic E-state index is 12.6. The minimum absolute atomic E-state index is 0.232. The van der Waals surface area contributed by atoms with Gasteiger partial charge >= 0.3 is 12.1 Å². The van der Waals surface area contributed by atoms with E-state index in [-0.39, 0.29) is 12.5 Å². The van der Waals surface area contributed by atoms with E-state index in [1.54, 1.807) is 23.9 Å². The summed E-state index contributed by atoms with van der Waals surface area (Å²) in [5, 5.41) is 8.59. The number of carboxylic acids is 1. The quantitative estimate of drug-likeness (QED) is 0.530. The summed E-state index contributed by atoms with van der Waals surface area (Å²) in [7, 11) is 0. The lowest BCUT2D eigenvalue weighted by Crippen LogP contribution is -2.14. The number of carbonyl (C=O) groups is 1. The zero-order chi connectivity index (χ0) is 20.6. The number of alkyl halides is 3. The first-order valence-corrected chi connectivity index (χ1v) is 9.64. The Morgan fingerprint density at radius 3 is 2.14 bits per heavy atom. The number of aliphatic carboxylic acids is 1. The number of halogens is 3. The van der Waals surface area contributed by atoms with Gasteiger partial charge in [-0.25, -0.2) is 4.79 Å². The predicted molar refractivity (Wildman–Crippen MR) is 101 cm³/mol. The van der Waals surface area contributed by atoms with Gasteiger partial charge in [0.1, 0.15) is 11.5 Å². The van der Waals surface area contributed by atoms with Crippen molar-refractivity contribution in [2.45, 2.75) is 24.4 Å². The highest BCUT2D eigenvalue weighted by Crippen LogP contribution is 2.30. The Morgan fingerprint density at radius 1 is 1.04 bits per heavy atom. The van der Waals surface area contributed by atoms with Crippen LogP contribution in [0.25, 0.3) is 0 Å². The normalized spacial score (nSPS) is 12.4. The molecule has 0 aliphatic carbocycles. The Labute approximate surface area is 165 Å². The van der Waals surface area contributed by atoms with Gasteiger partial charge in [-0.2, -0.15) is 13.2 Å². The van der Waals surface area contributed by atoms with E-state index in [1.807, 2.05) is 19.1 Å². The van der Waals surface area contributed by atoms with Gasteiger partial charge in [0, 0.05) is 16.6 Å². The van der Waals surface area contributed by atoms with Crippen molar-refractivity contribution < 1.29 is 32.5 Å². The van der Waals surface area contributed by atoms with E-state index in [2.05, 4.69) is 0 Å².